The molecular formula is C7H9INO6-. The fourth-order valence-corrected chi connectivity index (χ4v) is 1.72. The van der Waals surface area contributed by atoms with Crippen molar-refractivity contribution in [3.63, 3.8) is 0 Å². The van der Waals surface area contributed by atoms with Crippen molar-refractivity contribution in [1.82, 2.24) is 3.11 Å². The normalized spacial score (nSPS) is 9.47. The number of Topliss-reactive ketones (excluding diaryl/α,β-unsaturated/α-hetero) is 1. The van der Waals surface area contributed by atoms with Crippen LogP contribution in [-0.2, 0) is 14.3 Å². The number of amides is 2. The van der Waals surface area contributed by atoms with Gasteiger partial charge in [0, 0.05) is 0 Å². The zero-order valence-corrected chi connectivity index (χ0v) is 10.2. The Labute approximate surface area is 96.0 Å². The van der Waals surface area contributed by atoms with Crippen LogP contribution in [0.25, 0.3) is 0 Å². The van der Waals surface area contributed by atoms with Gasteiger partial charge in [-0.15, -0.1) is 0 Å². The van der Waals surface area contributed by atoms with Crippen LogP contribution in [0.2, 0.25) is 0 Å². The number of carboxylic acid groups (broad SMARTS) is 1. The van der Waals surface area contributed by atoms with E-state index >= 15 is 0 Å². The molecule has 8 heteroatoms. The van der Waals surface area contributed by atoms with Gasteiger partial charge in [0.25, 0.3) is 0 Å². The Hall–Kier alpha value is -1.19. The topological polar surface area (TPSA) is 101 Å². The first-order chi connectivity index (χ1) is 6.84. The zero-order chi connectivity index (χ0) is 12.0. The third-order valence-corrected chi connectivity index (χ3v) is 3.27. The van der Waals surface area contributed by atoms with Crippen molar-refractivity contribution in [3.05, 3.63) is 0 Å². The SMILES string of the molecule is CC(=O)COC(=O)[I-]N(C(C)=O)C(=O)O. The summed E-state index contributed by atoms with van der Waals surface area (Å²) in [6.45, 7) is 1.86. The molecule has 15 heavy (non-hydrogen) atoms. The number of carbonyl (C=O) groups is 4. The van der Waals surface area contributed by atoms with Gasteiger partial charge in [0.15, 0.2) is 0 Å². The second-order valence-electron chi connectivity index (χ2n) is 2.40. The van der Waals surface area contributed by atoms with E-state index in [4.69, 9.17) is 5.11 Å². The molecule has 0 saturated carbocycles. The van der Waals surface area contributed by atoms with Crippen LogP contribution in [0, 0.1) is 0 Å². The number of ketones is 1. The monoisotopic (exact) mass is 330 g/mol. The summed E-state index contributed by atoms with van der Waals surface area (Å²) in [5, 5.41) is 8.53. The van der Waals surface area contributed by atoms with Crippen LogP contribution < -0.4 is 21.5 Å². The maximum absolute atomic E-state index is 11.0. The molecular weight excluding hydrogens is 321 g/mol. The van der Waals surface area contributed by atoms with Crippen molar-refractivity contribution < 1.29 is 50.5 Å². The van der Waals surface area contributed by atoms with Gasteiger partial charge in [-0.1, -0.05) is 0 Å². The maximum atomic E-state index is 11.0. The Morgan fingerprint density at radius 1 is 1.27 bits per heavy atom. The molecule has 0 aliphatic carbocycles. The van der Waals surface area contributed by atoms with E-state index < -0.39 is 44.1 Å². The predicted molar refractivity (Wildman–Crippen MR) is 42.6 cm³/mol. The quantitative estimate of drug-likeness (QED) is 0.341. The van der Waals surface area contributed by atoms with E-state index in [1.807, 2.05) is 0 Å². The molecule has 0 aliphatic rings. The standard InChI is InChI=1S/C7H9INO6/c1-4(10)3-15-6(12)8-9(5(2)11)7(13)14/h3H2,1-2H3,(H,13,14)/q-1. The van der Waals surface area contributed by atoms with Crippen LogP contribution >= 0.6 is 0 Å². The number of imide groups is 1. The van der Waals surface area contributed by atoms with Crippen LogP contribution in [-0.4, -0.2) is 36.6 Å². The molecule has 0 aliphatic heterocycles. The Bertz CT molecular complexity index is 288. The van der Waals surface area contributed by atoms with Crippen molar-refractivity contribution in [1.29, 1.82) is 0 Å². The molecule has 0 fully saturated rings. The van der Waals surface area contributed by atoms with Crippen LogP contribution in [0.5, 0.6) is 0 Å². The van der Waals surface area contributed by atoms with Crippen LogP contribution in [0.4, 0.5) is 9.59 Å². The number of halogens is 1. The molecule has 0 atom stereocenters. The van der Waals surface area contributed by atoms with Crippen molar-refractivity contribution >= 4 is 21.8 Å². The Balaban J connectivity index is 4.18. The molecule has 0 bridgehead atoms. The van der Waals surface area contributed by atoms with E-state index in [2.05, 4.69) is 4.74 Å². The molecule has 2 amide bonds. The van der Waals surface area contributed by atoms with E-state index in [0.717, 1.165) is 6.92 Å². The number of nitrogens with zero attached hydrogens (tertiary/aromatic N) is 1. The molecule has 7 nitrogen and oxygen atoms in total. The minimum absolute atomic E-state index is 0.350. The van der Waals surface area contributed by atoms with Crippen molar-refractivity contribution in [2.45, 2.75) is 13.8 Å². The third kappa shape index (κ3) is 5.99. The minimum atomic E-state index is -1.75. The van der Waals surface area contributed by atoms with Gasteiger partial charge < -0.3 is 0 Å². The molecule has 0 aromatic carbocycles. The fourth-order valence-electron chi connectivity index (χ4n) is 0.482. The Morgan fingerprint density at radius 2 is 1.80 bits per heavy atom. The summed E-state index contributed by atoms with van der Waals surface area (Å²) in [6.07, 6.45) is -1.49. The first kappa shape index (κ1) is 13.8. The molecule has 86 valence electrons. The molecule has 0 radical (unpaired) electrons. The molecule has 1 N–H and O–H groups in total. The first-order valence-electron chi connectivity index (χ1n) is 3.69. The molecule has 0 saturated heterocycles. The van der Waals surface area contributed by atoms with Gasteiger partial charge in [0.1, 0.15) is 0 Å². The molecule has 0 rings (SSSR count). The predicted octanol–water partition coefficient (Wildman–Crippen LogP) is -2.76. The van der Waals surface area contributed by atoms with E-state index in [0.29, 0.717) is 3.11 Å². The van der Waals surface area contributed by atoms with Gasteiger partial charge in [0.05, 0.1) is 0 Å². The van der Waals surface area contributed by atoms with Crippen LogP contribution in [0.3, 0.4) is 0 Å². The summed E-state index contributed by atoms with van der Waals surface area (Å²) >= 11 is -1.75. The average molecular weight is 330 g/mol. The number of hydrogen-bond donors (Lipinski definition) is 1. The van der Waals surface area contributed by atoms with Gasteiger partial charge in [-0.05, 0) is 0 Å². The Kier molecular flexibility index (Phi) is 5.82. The molecule has 0 heterocycles. The number of ether oxygens (including phenoxy) is 1. The van der Waals surface area contributed by atoms with Crippen LogP contribution in [0.15, 0.2) is 0 Å². The van der Waals surface area contributed by atoms with Gasteiger partial charge in [-0.2, -0.15) is 0 Å². The van der Waals surface area contributed by atoms with E-state index in [-0.39, 0.29) is 5.78 Å². The summed E-state index contributed by atoms with van der Waals surface area (Å²) < 4.78 is 4.01. The number of carbonyl (C=O) groups excluding carboxylic acids is 3. The molecule has 0 aromatic rings. The van der Waals surface area contributed by atoms with E-state index in [1.165, 1.54) is 6.92 Å². The second kappa shape index (κ2) is 6.32. The number of rotatable bonds is 4. The molecule has 0 unspecified atom stereocenters. The van der Waals surface area contributed by atoms with Crippen LogP contribution in [0.1, 0.15) is 13.8 Å². The van der Waals surface area contributed by atoms with Gasteiger partial charge in [-0.3, -0.25) is 0 Å². The van der Waals surface area contributed by atoms with Gasteiger partial charge >= 0.3 is 95.8 Å². The summed E-state index contributed by atoms with van der Waals surface area (Å²) in [6, 6.07) is 0. The zero-order valence-electron chi connectivity index (χ0n) is 8.02. The average Bonchev–Trinajstić information content (AvgIpc) is 2.09. The second-order valence-corrected chi connectivity index (χ2v) is 4.72. The van der Waals surface area contributed by atoms with Crippen molar-refractivity contribution in [2.24, 2.45) is 0 Å². The van der Waals surface area contributed by atoms with Crippen molar-refractivity contribution in [3.8, 4) is 0 Å². The number of hydrogen-bond acceptors (Lipinski definition) is 5. The summed E-state index contributed by atoms with van der Waals surface area (Å²) in [5.74, 6) is -1.09. The summed E-state index contributed by atoms with van der Waals surface area (Å²) in [7, 11) is 0. The van der Waals surface area contributed by atoms with E-state index in [9.17, 15) is 19.2 Å². The van der Waals surface area contributed by atoms with E-state index in [1.54, 1.807) is 0 Å². The first-order valence-corrected chi connectivity index (χ1v) is 5.74. The summed E-state index contributed by atoms with van der Waals surface area (Å²) in [5.41, 5.74) is 0. The third-order valence-electron chi connectivity index (χ3n) is 0.987. The van der Waals surface area contributed by atoms with Gasteiger partial charge in [-0.25, -0.2) is 0 Å². The van der Waals surface area contributed by atoms with Crippen molar-refractivity contribution in [2.75, 3.05) is 6.61 Å². The molecule has 0 spiro atoms. The summed E-state index contributed by atoms with van der Waals surface area (Å²) in [4.78, 5) is 42.7. The molecule has 0 aromatic heterocycles. The fraction of sp³-hybridized carbons (Fsp3) is 0.429. The van der Waals surface area contributed by atoms with Gasteiger partial charge in [0.2, 0.25) is 0 Å². The Morgan fingerprint density at radius 3 is 2.13 bits per heavy atom.